The first-order valence-corrected chi connectivity index (χ1v) is 14.9. The first kappa shape index (κ1) is 26.7. The third-order valence-corrected chi connectivity index (χ3v) is 14.0. The third kappa shape index (κ3) is 3.15. The molecule has 1 N–H and O–H groups in total. The average molecular weight is 500 g/mol. The molecule has 4 heteroatoms. The van der Waals surface area contributed by atoms with E-state index in [4.69, 9.17) is 4.84 Å². The lowest BCUT2D eigenvalue weighted by Gasteiger charge is -2.71. The van der Waals surface area contributed by atoms with Crippen molar-refractivity contribution in [3.63, 3.8) is 0 Å². The minimum absolute atomic E-state index is 0.0224. The van der Waals surface area contributed by atoms with Crippen molar-refractivity contribution >= 4 is 5.91 Å². The zero-order valence-corrected chi connectivity index (χ0v) is 24.6. The van der Waals surface area contributed by atoms with Crippen LogP contribution in [0.1, 0.15) is 106 Å². The third-order valence-electron chi connectivity index (χ3n) is 14.0. The van der Waals surface area contributed by atoms with Crippen LogP contribution >= 0.6 is 0 Å². The Kier molecular flexibility index (Phi) is 6.17. The number of aliphatic hydroxyl groups excluding tert-OH is 1. The molecule has 0 aliphatic heterocycles. The van der Waals surface area contributed by atoms with Gasteiger partial charge in [0.2, 0.25) is 0 Å². The molecule has 0 radical (unpaired) electrons. The van der Waals surface area contributed by atoms with Gasteiger partial charge in [-0.05, 0) is 109 Å². The molecule has 5 rings (SSSR count). The number of fused-ring (bicyclic) bond motifs is 7. The van der Waals surface area contributed by atoms with E-state index in [1.807, 2.05) is 0 Å². The van der Waals surface area contributed by atoms with Crippen LogP contribution in [0.15, 0.2) is 11.6 Å². The van der Waals surface area contributed by atoms with Gasteiger partial charge in [0.25, 0.3) is 5.91 Å². The molecule has 204 valence electrons. The molecule has 0 aromatic heterocycles. The number of hydrogen-bond donors (Lipinski definition) is 1. The van der Waals surface area contributed by atoms with Crippen molar-refractivity contribution in [1.82, 2.24) is 5.06 Å². The maximum absolute atomic E-state index is 14.0. The number of hydrogen-bond acceptors (Lipinski definition) is 3. The summed E-state index contributed by atoms with van der Waals surface area (Å²) in [6, 6.07) is 0. The van der Waals surface area contributed by atoms with Gasteiger partial charge < -0.3 is 5.11 Å². The van der Waals surface area contributed by atoms with Crippen LogP contribution in [0.2, 0.25) is 0 Å². The number of amides is 1. The van der Waals surface area contributed by atoms with Crippen LogP contribution in [0.25, 0.3) is 0 Å². The summed E-state index contributed by atoms with van der Waals surface area (Å²) < 4.78 is 0. The van der Waals surface area contributed by atoms with Crippen molar-refractivity contribution in [2.24, 2.45) is 56.7 Å². The normalized spacial score (nSPS) is 51.7. The SMILES string of the molecule is CON(C)C(=O)[C@]12CC[C@@H](C)[C@H](C)[C@H]1C1=CC[C@@H]3[C@@]4(C)CC[C@H](O)C(C)(C)[C@@H]4CC[C@@]3(C)[C@]1(C)CC2. The van der Waals surface area contributed by atoms with Crippen LogP contribution in [-0.2, 0) is 9.63 Å². The molecule has 0 aromatic carbocycles. The molecule has 0 saturated heterocycles. The lowest BCUT2D eigenvalue weighted by Crippen LogP contribution is -2.66. The number of carbonyl (C=O) groups excluding carboxylic acids is 1. The maximum Gasteiger partial charge on any atom is 0.252 e. The van der Waals surface area contributed by atoms with Crippen molar-refractivity contribution in [3.8, 4) is 0 Å². The van der Waals surface area contributed by atoms with Gasteiger partial charge in [-0.15, -0.1) is 0 Å². The fraction of sp³-hybridized carbons (Fsp3) is 0.906. The molecule has 0 heterocycles. The number of nitrogens with zero attached hydrogens (tertiary/aromatic N) is 1. The molecule has 0 spiro atoms. The smallest absolute Gasteiger partial charge is 0.252 e. The summed E-state index contributed by atoms with van der Waals surface area (Å²) in [5.41, 5.74) is 1.86. The molecule has 0 unspecified atom stereocenters. The van der Waals surface area contributed by atoms with Gasteiger partial charge in [0, 0.05) is 7.05 Å². The number of carbonyl (C=O) groups is 1. The predicted molar refractivity (Wildman–Crippen MR) is 145 cm³/mol. The summed E-state index contributed by atoms with van der Waals surface area (Å²) in [5.74, 6) is 2.82. The van der Waals surface area contributed by atoms with Crippen LogP contribution in [0.4, 0.5) is 0 Å². The average Bonchev–Trinajstić information content (AvgIpc) is 2.83. The highest BCUT2D eigenvalue weighted by Gasteiger charge is 2.69. The maximum atomic E-state index is 14.0. The Bertz CT molecular complexity index is 942. The standard InChI is InChI=1S/C32H53NO3/c1-20-12-17-32(27(35)33(8)36-9)19-18-30(6)22(26(32)21(20)2)10-11-24-29(5)15-14-25(34)28(3,4)23(29)13-16-31(24,30)7/h10,20-21,23-26,34H,11-19H2,1-9H3/t20-,21+,23+,24-,25+,26+,29+,30-,31-,32+/m1/s1. The highest BCUT2D eigenvalue weighted by Crippen LogP contribution is 2.75. The van der Waals surface area contributed by atoms with E-state index in [1.165, 1.54) is 17.9 Å². The largest absolute Gasteiger partial charge is 0.393 e. The van der Waals surface area contributed by atoms with Crippen molar-refractivity contribution in [3.05, 3.63) is 11.6 Å². The van der Waals surface area contributed by atoms with Crippen LogP contribution < -0.4 is 0 Å². The van der Waals surface area contributed by atoms with E-state index in [2.05, 4.69) is 54.5 Å². The van der Waals surface area contributed by atoms with Gasteiger partial charge in [-0.25, -0.2) is 5.06 Å². The van der Waals surface area contributed by atoms with Gasteiger partial charge in [0.05, 0.1) is 18.6 Å². The van der Waals surface area contributed by atoms with Crippen molar-refractivity contribution in [2.75, 3.05) is 14.2 Å². The Morgan fingerprint density at radius 1 is 0.972 bits per heavy atom. The van der Waals surface area contributed by atoms with E-state index >= 15 is 0 Å². The van der Waals surface area contributed by atoms with Gasteiger partial charge in [-0.2, -0.15) is 0 Å². The number of allylic oxidation sites excluding steroid dienone is 2. The second-order valence-corrected chi connectivity index (χ2v) is 15.2. The van der Waals surface area contributed by atoms with Crippen LogP contribution in [0.5, 0.6) is 0 Å². The quantitative estimate of drug-likeness (QED) is 0.328. The van der Waals surface area contributed by atoms with Crippen molar-refractivity contribution in [1.29, 1.82) is 0 Å². The van der Waals surface area contributed by atoms with E-state index in [-0.39, 0.29) is 39.1 Å². The second-order valence-electron chi connectivity index (χ2n) is 15.2. The summed E-state index contributed by atoms with van der Waals surface area (Å²) in [4.78, 5) is 19.5. The molecular formula is C32H53NO3. The van der Waals surface area contributed by atoms with E-state index in [0.29, 0.717) is 29.6 Å². The van der Waals surface area contributed by atoms with Gasteiger partial charge in [0.15, 0.2) is 0 Å². The molecule has 4 saturated carbocycles. The molecule has 4 fully saturated rings. The van der Waals surface area contributed by atoms with E-state index < -0.39 is 0 Å². The Hall–Kier alpha value is -0.870. The first-order valence-electron chi connectivity index (χ1n) is 14.9. The highest BCUT2D eigenvalue weighted by atomic mass is 16.7. The molecule has 1 amide bonds. The molecule has 5 aliphatic rings. The summed E-state index contributed by atoms with van der Waals surface area (Å²) in [7, 11) is 3.43. The predicted octanol–water partition coefficient (Wildman–Crippen LogP) is 7.02. The molecule has 10 atom stereocenters. The Morgan fingerprint density at radius 2 is 1.67 bits per heavy atom. The molecule has 5 aliphatic carbocycles. The second kappa shape index (κ2) is 8.31. The van der Waals surface area contributed by atoms with Gasteiger partial charge in [-0.1, -0.05) is 60.1 Å². The lowest BCUT2D eigenvalue weighted by atomic mass is 9.33. The molecule has 36 heavy (non-hydrogen) atoms. The Labute approximate surface area is 220 Å². The minimum Gasteiger partial charge on any atom is -0.393 e. The fourth-order valence-electron chi connectivity index (χ4n) is 11.2. The fourth-order valence-corrected chi connectivity index (χ4v) is 11.2. The Balaban J connectivity index is 1.61. The van der Waals surface area contributed by atoms with Crippen molar-refractivity contribution in [2.45, 2.75) is 112 Å². The van der Waals surface area contributed by atoms with E-state index in [0.717, 1.165) is 44.9 Å². The first-order chi connectivity index (χ1) is 16.7. The van der Waals surface area contributed by atoms with Gasteiger partial charge >= 0.3 is 0 Å². The summed E-state index contributed by atoms with van der Waals surface area (Å²) in [5, 5.41) is 12.5. The molecule has 4 nitrogen and oxygen atoms in total. The monoisotopic (exact) mass is 499 g/mol. The van der Waals surface area contributed by atoms with E-state index in [9.17, 15) is 9.90 Å². The zero-order valence-electron chi connectivity index (χ0n) is 24.6. The number of rotatable bonds is 2. The Morgan fingerprint density at radius 3 is 2.33 bits per heavy atom. The number of aliphatic hydroxyl groups is 1. The lowest BCUT2D eigenvalue weighted by molar-refractivity contribution is -0.212. The summed E-state index contributed by atoms with van der Waals surface area (Å²) in [6.07, 6.45) is 12.3. The van der Waals surface area contributed by atoms with Crippen LogP contribution in [0.3, 0.4) is 0 Å². The topological polar surface area (TPSA) is 49.8 Å². The molecule has 0 bridgehead atoms. The minimum atomic E-state index is -0.330. The van der Waals surface area contributed by atoms with E-state index in [1.54, 1.807) is 19.7 Å². The summed E-state index contributed by atoms with van der Waals surface area (Å²) >= 11 is 0. The van der Waals surface area contributed by atoms with Crippen LogP contribution in [0, 0.1) is 56.7 Å². The van der Waals surface area contributed by atoms with Crippen LogP contribution in [-0.4, -0.2) is 36.3 Å². The number of hydroxylamine groups is 2. The highest BCUT2D eigenvalue weighted by molar-refractivity contribution is 5.83. The molecule has 0 aromatic rings. The van der Waals surface area contributed by atoms with Crippen molar-refractivity contribution < 1.29 is 14.7 Å². The zero-order chi connectivity index (χ0) is 26.5. The summed E-state index contributed by atoms with van der Waals surface area (Å²) in [6.45, 7) is 17.3. The van der Waals surface area contributed by atoms with Gasteiger partial charge in [-0.3, -0.25) is 9.63 Å². The molecular weight excluding hydrogens is 446 g/mol. The van der Waals surface area contributed by atoms with Gasteiger partial charge in [0.1, 0.15) is 0 Å².